The van der Waals surface area contributed by atoms with E-state index in [1.807, 2.05) is 30.0 Å². The third kappa shape index (κ3) is 2.03. The maximum atomic E-state index is 8.36. The van der Waals surface area contributed by atoms with Gasteiger partial charge < -0.3 is 4.74 Å². The maximum absolute atomic E-state index is 8.36. The van der Waals surface area contributed by atoms with E-state index in [0.717, 1.165) is 11.3 Å². The summed E-state index contributed by atoms with van der Waals surface area (Å²) in [5, 5.41) is 8.36. The maximum Gasteiger partial charge on any atom is 0.166 e. The lowest BCUT2D eigenvalue weighted by molar-refractivity contribution is 0.223. The minimum absolute atomic E-state index is 0.317. The summed E-state index contributed by atoms with van der Waals surface area (Å²) in [6, 6.07) is 5.62. The van der Waals surface area contributed by atoms with Crippen LogP contribution < -0.4 is 4.74 Å². The first-order valence-corrected chi connectivity index (χ1v) is 6.31. The summed E-state index contributed by atoms with van der Waals surface area (Å²) in [4.78, 5) is 9.90. The molecule has 100 valence electrons. The van der Waals surface area contributed by atoms with Crippen LogP contribution in [0.2, 0.25) is 0 Å². The fraction of sp³-hybridized carbons (Fsp3) is 0.133. The molecule has 2 aromatic rings. The SMILES string of the molecule is C/C=C(/c1ccncc1)N1COc2ccncc2C1=N. The minimum atomic E-state index is 0.317. The molecule has 0 unspecified atom stereocenters. The number of fused-ring (bicyclic) bond motifs is 1. The van der Waals surface area contributed by atoms with E-state index in [1.165, 1.54) is 0 Å². The molecule has 5 nitrogen and oxygen atoms in total. The summed E-state index contributed by atoms with van der Waals surface area (Å²) < 4.78 is 5.70. The zero-order valence-corrected chi connectivity index (χ0v) is 11.1. The predicted octanol–water partition coefficient (Wildman–Crippen LogP) is 2.51. The molecule has 1 N–H and O–H groups in total. The monoisotopic (exact) mass is 266 g/mol. The number of rotatable bonds is 2. The van der Waals surface area contributed by atoms with Crippen molar-refractivity contribution in [3.05, 3.63) is 60.2 Å². The van der Waals surface area contributed by atoms with Crippen LogP contribution in [-0.2, 0) is 0 Å². The third-order valence-corrected chi connectivity index (χ3v) is 3.20. The normalized spacial score (nSPS) is 14.8. The average Bonchev–Trinajstić information content (AvgIpc) is 2.51. The molecule has 0 atom stereocenters. The van der Waals surface area contributed by atoms with Crippen molar-refractivity contribution in [2.24, 2.45) is 0 Å². The van der Waals surface area contributed by atoms with E-state index in [0.29, 0.717) is 23.9 Å². The molecule has 0 spiro atoms. The van der Waals surface area contributed by atoms with Gasteiger partial charge in [-0.25, -0.2) is 0 Å². The van der Waals surface area contributed by atoms with Crippen LogP contribution in [0, 0.1) is 5.41 Å². The van der Waals surface area contributed by atoms with Gasteiger partial charge in [0.05, 0.1) is 5.56 Å². The van der Waals surface area contributed by atoms with Crippen LogP contribution in [0.15, 0.2) is 49.1 Å². The number of ether oxygens (including phenoxy) is 1. The molecule has 0 saturated carbocycles. The molecule has 1 aliphatic rings. The van der Waals surface area contributed by atoms with Gasteiger partial charge in [-0.05, 0) is 25.1 Å². The Labute approximate surface area is 117 Å². The highest BCUT2D eigenvalue weighted by Crippen LogP contribution is 2.29. The van der Waals surface area contributed by atoms with Gasteiger partial charge in [0.1, 0.15) is 11.6 Å². The van der Waals surface area contributed by atoms with Gasteiger partial charge in [-0.2, -0.15) is 0 Å². The molecule has 0 saturated heterocycles. The fourth-order valence-electron chi connectivity index (χ4n) is 2.22. The topological polar surface area (TPSA) is 62.1 Å². The second-order valence-electron chi connectivity index (χ2n) is 4.33. The van der Waals surface area contributed by atoms with Crippen molar-refractivity contribution >= 4 is 11.5 Å². The molecule has 0 aliphatic carbocycles. The predicted molar refractivity (Wildman–Crippen MR) is 76.3 cm³/mol. The van der Waals surface area contributed by atoms with Gasteiger partial charge in [0.2, 0.25) is 0 Å². The molecule has 0 radical (unpaired) electrons. The van der Waals surface area contributed by atoms with E-state index in [-0.39, 0.29) is 0 Å². The molecule has 2 aromatic heterocycles. The van der Waals surface area contributed by atoms with Gasteiger partial charge in [0.25, 0.3) is 0 Å². The number of nitrogens with one attached hydrogen (secondary N) is 1. The van der Waals surface area contributed by atoms with Crippen LogP contribution in [0.4, 0.5) is 0 Å². The lowest BCUT2D eigenvalue weighted by Gasteiger charge is -2.32. The van der Waals surface area contributed by atoms with Crippen molar-refractivity contribution in [3.63, 3.8) is 0 Å². The summed E-state index contributed by atoms with van der Waals surface area (Å²) in [5.74, 6) is 1.09. The number of aromatic nitrogens is 2. The minimum Gasteiger partial charge on any atom is -0.472 e. The van der Waals surface area contributed by atoms with Gasteiger partial charge in [0, 0.05) is 36.0 Å². The van der Waals surface area contributed by atoms with Crippen LogP contribution in [-0.4, -0.2) is 27.4 Å². The van der Waals surface area contributed by atoms with Gasteiger partial charge in [0.15, 0.2) is 6.73 Å². The van der Waals surface area contributed by atoms with Crippen molar-refractivity contribution in [1.82, 2.24) is 14.9 Å². The molecule has 0 aromatic carbocycles. The summed E-state index contributed by atoms with van der Waals surface area (Å²) in [6.07, 6.45) is 8.77. The zero-order valence-electron chi connectivity index (χ0n) is 11.1. The van der Waals surface area contributed by atoms with Crippen LogP contribution in [0.25, 0.3) is 5.70 Å². The highest BCUT2D eigenvalue weighted by molar-refractivity contribution is 6.03. The summed E-state index contributed by atoms with van der Waals surface area (Å²) in [5.41, 5.74) is 2.63. The van der Waals surface area contributed by atoms with E-state index < -0.39 is 0 Å². The number of hydrogen-bond acceptors (Lipinski definition) is 4. The lowest BCUT2D eigenvalue weighted by Crippen LogP contribution is -2.37. The Balaban J connectivity index is 1.98. The number of allylic oxidation sites excluding steroid dienone is 1. The second-order valence-corrected chi connectivity index (χ2v) is 4.33. The van der Waals surface area contributed by atoms with E-state index in [4.69, 9.17) is 10.1 Å². The summed E-state index contributed by atoms with van der Waals surface area (Å²) in [7, 11) is 0. The second kappa shape index (κ2) is 5.13. The van der Waals surface area contributed by atoms with Gasteiger partial charge in [-0.15, -0.1) is 0 Å². The van der Waals surface area contributed by atoms with Crippen LogP contribution in [0.1, 0.15) is 18.1 Å². The van der Waals surface area contributed by atoms with Crippen LogP contribution in [0.5, 0.6) is 5.75 Å². The number of amidine groups is 1. The molecule has 1 aliphatic heterocycles. The zero-order chi connectivity index (χ0) is 13.9. The number of pyridine rings is 2. The van der Waals surface area contributed by atoms with Crippen molar-refractivity contribution in [1.29, 1.82) is 5.41 Å². The van der Waals surface area contributed by atoms with E-state index in [1.54, 1.807) is 30.9 Å². The molecular weight excluding hydrogens is 252 g/mol. The summed E-state index contributed by atoms with van der Waals surface area (Å²) in [6.45, 7) is 2.26. The van der Waals surface area contributed by atoms with Crippen molar-refractivity contribution in [3.8, 4) is 5.75 Å². The van der Waals surface area contributed by atoms with Gasteiger partial charge in [-0.3, -0.25) is 20.3 Å². The standard InChI is InChI=1S/C15H14N4O/c1-2-13(11-3-6-17-7-4-11)19-10-20-14-5-8-18-9-12(14)15(19)16/h2-9,16H,10H2,1H3/b13-2-,16-15?. The van der Waals surface area contributed by atoms with Crippen molar-refractivity contribution < 1.29 is 4.74 Å². The van der Waals surface area contributed by atoms with Crippen molar-refractivity contribution in [2.75, 3.05) is 6.73 Å². The highest BCUT2D eigenvalue weighted by atomic mass is 16.5. The van der Waals surface area contributed by atoms with Crippen LogP contribution in [0.3, 0.4) is 0 Å². The third-order valence-electron chi connectivity index (χ3n) is 3.20. The first-order valence-electron chi connectivity index (χ1n) is 6.31. The van der Waals surface area contributed by atoms with Crippen molar-refractivity contribution in [2.45, 2.75) is 6.92 Å². The first-order chi connectivity index (χ1) is 9.81. The Kier molecular flexibility index (Phi) is 3.16. The lowest BCUT2D eigenvalue weighted by atomic mass is 10.1. The van der Waals surface area contributed by atoms with Gasteiger partial charge >= 0.3 is 0 Å². The first kappa shape index (κ1) is 12.3. The molecular formula is C15H14N4O. The molecule has 0 bridgehead atoms. The Morgan fingerprint density at radius 3 is 2.75 bits per heavy atom. The molecule has 3 rings (SSSR count). The van der Waals surface area contributed by atoms with Gasteiger partial charge in [-0.1, -0.05) is 6.08 Å². The Morgan fingerprint density at radius 2 is 2.00 bits per heavy atom. The molecule has 5 heteroatoms. The number of nitrogens with zero attached hydrogens (tertiary/aromatic N) is 3. The van der Waals surface area contributed by atoms with E-state index >= 15 is 0 Å². The summed E-state index contributed by atoms with van der Waals surface area (Å²) >= 11 is 0. The quantitative estimate of drug-likeness (QED) is 0.907. The smallest absolute Gasteiger partial charge is 0.166 e. The Morgan fingerprint density at radius 1 is 1.25 bits per heavy atom. The van der Waals surface area contributed by atoms with E-state index in [2.05, 4.69) is 9.97 Å². The van der Waals surface area contributed by atoms with E-state index in [9.17, 15) is 0 Å². The fourth-order valence-corrected chi connectivity index (χ4v) is 2.22. The molecule has 0 amide bonds. The average molecular weight is 266 g/mol. The molecule has 3 heterocycles. The number of hydrogen-bond donors (Lipinski definition) is 1. The Hall–Kier alpha value is -2.69. The molecule has 20 heavy (non-hydrogen) atoms. The Bertz CT molecular complexity index is 667. The highest BCUT2D eigenvalue weighted by Gasteiger charge is 2.25. The largest absolute Gasteiger partial charge is 0.472 e. The van der Waals surface area contributed by atoms with Crippen LogP contribution >= 0.6 is 0 Å². The molecule has 0 fully saturated rings.